The molecule has 5 heteroatoms. The number of nitrogens with zero attached hydrogens (tertiary/aromatic N) is 2. The van der Waals surface area contributed by atoms with Gasteiger partial charge in [0.2, 0.25) is 5.13 Å². The SMILES string of the molecule is CCCC(C)OCc1nnc(N)s1. The zero-order chi connectivity index (χ0) is 9.68. The summed E-state index contributed by atoms with van der Waals surface area (Å²) in [4.78, 5) is 0. The van der Waals surface area contributed by atoms with E-state index in [-0.39, 0.29) is 6.10 Å². The number of anilines is 1. The number of hydrogen-bond donors (Lipinski definition) is 1. The molecule has 0 aliphatic heterocycles. The third kappa shape index (κ3) is 3.69. The lowest BCUT2D eigenvalue weighted by atomic mass is 10.2. The van der Waals surface area contributed by atoms with Gasteiger partial charge in [-0.3, -0.25) is 0 Å². The maximum absolute atomic E-state index is 5.53. The third-order valence-electron chi connectivity index (χ3n) is 1.67. The van der Waals surface area contributed by atoms with Gasteiger partial charge < -0.3 is 10.5 Å². The van der Waals surface area contributed by atoms with Gasteiger partial charge in [-0.05, 0) is 13.3 Å². The molecule has 2 N–H and O–H groups in total. The van der Waals surface area contributed by atoms with Crippen molar-refractivity contribution in [2.45, 2.75) is 39.4 Å². The Bertz CT molecular complexity index is 251. The van der Waals surface area contributed by atoms with E-state index in [1.54, 1.807) is 0 Å². The largest absolute Gasteiger partial charge is 0.374 e. The second-order valence-electron chi connectivity index (χ2n) is 2.94. The van der Waals surface area contributed by atoms with E-state index >= 15 is 0 Å². The Kier molecular flexibility index (Phi) is 4.11. The molecular formula is C8H15N3OS. The summed E-state index contributed by atoms with van der Waals surface area (Å²) in [5, 5.41) is 8.92. The predicted octanol–water partition coefficient (Wildman–Crippen LogP) is 1.83. The summed E-state index contributed by atoms with van der Waals surface area (Å²) in [6.45, 7) is 4.73. The molecule has 0 aromatic carbocycles. The molecule has 0 radical (unpaired) electrons. The first-order valence-electron chi connectivity index (χ1n) is 4.41. The Morgan fingerprint density at radius 1 is 1.54 bits per heavy atom. The highest BCUT2D eigenvalue weighted by atomic mass is 32.1. The zero-order valence-corrected chi connectivity index (χ0v) is 8.80. The minimum Gasteiger partial charge on any atom is -0.374 e. The summed E-state index contributed by atoms with van der Waals surface area (Å²) in [6.07, 6.45) is 2.50. The minimum atomic E-state index is 0.287. The maximum atomic E-state index is 5.53. The fourth-order valence-electron chi connectivity index (χ4n) is 1.03. The normalized spacial score (nSPS) is 13.1. The van der Waals surface area contributed by atoms with Gasteiger partial charge in [-0.2, -0.15) is 0 Å². The molecule has 1 aromatic heterocycles. The van der Waals surface area contributed by atoms with Gasteiger partial charge in [0.05, 0.1) is 6.10 Å². The van der Waals surface area contributed by atoms with Crippen molar-refractivity contribution in [3.05, 3.63) is 5.01 Å². The molecule has 0 saturated heterocycles. The van der Waals surface area contributed by atoms with Crippen molar-refractivity contribution in [1.82, 2.24) is 10.2 Å². The molecule has 0 fully saturated rings. The van der Waals surface area contributed by atoms with Crippen LogP contribution >= 0.6 is 11.3 Å². The lowest BCUT2D eigenvalue weighted by Gasteiger charge is -2.09. The topological polar surface area (TPSA) is 61.0 Å². The van der Waals surface area contributed by atoms with Crippen LogP contribution in [0.1, 0.15) is 31.7 Å². The second kappa shape index (κ2) is 5.14. The van der Waals surface area contributed by atoms with Crippen molar-refractivity contribution in [2.24, 2.45) is 0 Å². The first-order chi connectivity index (χ1) is 6.22. The van der Waals surface area contributed by atoms with Crippen LogP contribution in [0.2, 0.25) is 0 Å². The Morgan fingerprint density at radius 3 is 2.85 bits per heavy atom. The summed E-state index contributed by atoms with van der Waals surface area (Å²) >= 11 is 1.38. The number of aromatic nitrogens is 2. The van der Waals surface area contributed by atoms with Crippen molar-refractivity contribution in [1.29, 1.82) is 0 Å². The average molecular weight is 201 g/mol. The van der Waals surface area contributed by atoms with Crippen LogP contribution in [-0.2, 0) is 11.3 Å². The van der Waals surface area contributed by atoms with E-state index in [1.807, 2.05) is 0 Å². The summed E-state index contributed by atoms with van der Waals surface area (Å²) in [6, 6.07) is 0. The van der Waals surface area contributed by atoms with Crippen LogP contribution in [0.5, 0.6) is 0 Å². The van der Waals surface area contributed by atoms with Crippen molar-refractivity contribution in [3.8, 4) is 0 Å². The molecule has 13 heavy (non-hydrogen) atoms. The van der Waals surface area contributed by atoms with Gasteiger partial charge in [0.15, 0.2) is 0 Å². The summed E-state index contributed by atoms with van der Waals surface area (Å²) in [5.74, 6) is 0. The van der Waals surface area contributed by atoms with Crippen LogP contribution in [0.25, 0.3) is 0 Å². The van der Waals surface area contributed by atoms with Gasteiger partial charge in [-0.25, -0.2) is 0 Å². The average Bonchev–Trinajstić information content (AvgIpc) is 2.49. The van der Waals surface area contributed by atoms with Crippen LogP contribution in [0.3, 0.4) is 0 Å². The number of nitrogens with two attached hydrogens (primary N) is 1. The van der Waals surface area contributed by atoms with Crippen LogP contribution < -0.4 is 5.73 Å². The number of hydrogen-bond acceptors (Lipinski definition) is 5. The van der Waals surface area contributed by atoms with Crippen molar-refractivity contribution in [2.75, 3.05) is 5.73 Å². The highest BCUT2D eigenvalue weighted by Gasteiger charge is 2.04. The zero-order valence-electron chi connectivity index (χ0n) is 7.99. The molecule has 0 saturated carbocycles. The molecule has 0 bridgehead atoms. The Balaban J connectivity index is 2.26. The lowest BCUT2D eigenvalue weighted by molar-refractivity contribution is 0.0468. The Labute approximate surface area is 82.1 Å². The van der Waals surface area contributed by atoms with E-state index in [2.05, 4.69) is 24.0 Å². The Morgan fingerprint density at radius 2 is 2.31 bits per heavy atom. The smallest absolute Gasteiger partial charge is 0.203 e. The van der Waals surface area contributed by atoms with Gasteiger partial charge in [-0.15, -0.1) is 10.2 Å². The van der Waals surface area contributed by atoms with Crippen LogP contribution in [0.4, 0.5) is 5.13 Å². The fraction of sp³-hybridized carbons (Fsp3) is 0.750. The molecule has 0 aliphatic carbocycles. The molecule has 1 unspecified atom stereocenters. The third-order valence-corrected chi connectivity index (χ3v) is 2.39. The molecule has 0 spiro atoms. The van der Waals surface area contributed by atoms with Gasteiger partial charge in [0.25, 0.3) is 0 Å². The Hall–Kier alpha value is -0.680. The number of ether oxygens (including phenoxy) is 1. The summed E-state index contributed by atoms with van der Waals surface area (Å²) < 4.78 is 5.53. The van der Waals surface area contributed by atoms with E-state index in [0.717, 1.165) is 17.8 Å². The lowest BCUT2D eigenvalue weighted by Crippen LogP contribution is -2.07. The fourth-order valence-corrected chi connectivity index (χ4v) is 1.56. The molecular weight excluding hydrogens is 186 g/mol. The molecule has 1 heterocycles. The van der Waals surface area contributed by atoms with Gasteiger partial charge in [-0.1, -0.05) is 24.7 Å². The van der Waals surface area contributed by atoms with Crippen LogP contribution in [0.15, 0.2) is 0 Å². The van der Waals surface area contributed by atoms with Gasteiger partial charge >= 0.3 is 0 Å². The second-order valence-corrected chi connectivity index (χ2v) is 4.04. The van der Waals surface area contributed by atoms with Crippen molar-refractivity contribution < 1.29 is 4.74 Å². The monoisotopic (exact) mass is 201 g/mol. The molecule has 74 valence electrons. The van der Waals surface area contributed by atoms with E-state index in [4.69, 9.17) is 10.5 Å². The number of rotatable bonds is 5. The molecule has 0 amide bonds. The molecule has 1 rings (SSSR count). The first-order valence-corrected chi connectivity index (χ1v) is 5.23. The molecule has 1 atom stereocenters. The molecule has 0 aliphatic rings. The maximum Gasteiger partial charge on any atom is 0.203 e. The van der Waals surface area contributed by atoms with Crippen molar-refractivity contribution in [3.63, 3.8) is 0 Å². The molecule has 4 nitrogen and oxygen atoms in total. The highest BCUT2D eigenvalue weighted by Crippen LogP contribution is 2.13. The van der Waals surface area contributed by atoms with E-state index in [0.29, 0.717) is 11.7 Å². The van der Waals surface area contributed by atoms with Crippen LogP contribution in [-0.4, -0.2) is 16.3 Å². The molecule has 1 aromatic rings. The van der Waals surface area contributed by atoms with E-state index in [1.165, 1.54) is 11.3 Å². The van der Waals surface area contributed by atoms with Gasteiger partial charge in [0, 0.05) is 0 Å². The first kappa shape index (κ1) is 10.4. The predicted molar refractivity (Wildman–Crippen MR) is 53.5 cm³/mol. The quantitative estimate of drug-likeness (QED) is 0.789. The van der Waals surface area contributed by atoms with Crippen molar-refractivity contribution >= 4 is 16.5 Å². The van der Waals surface area contributed by atoms with E-state index in [9.17, 15) is 0 Å². The highest BCUT2D eigenvalue weighted by molar-refractivity contribution is 7.15. The summed E-state index contributed by atoms with van der Waals surface area (Å²) in [5.41, 5.74) is 5.43. The van der Waals surface area contributed by atoms with E-state index < -0.39 is 0 Å². The summed E-state index contributed by atoms with van der Waals surface area (Å²) in [7, 11) is 0. The van der Waals surface area contributed by atoms with Gasteiger partial charge in [0.1, 0.15) is 11.6 Å². The van der Waals surface area contributed by atoms with Crippen LogP contribution in [0, 0.1) is 0 Å². The minimum absolute atomic E-state index is 0.287. The standard InChI is InChI=1S/C8H15N3OS/c1-3-4-6(2)12-5-7-10-11-8(9)13-7/h6H,3-5H2,1-2H3,(H2,9,11). The number of nitrogen functional groups attached to an aromatic ring is 1.